The zero-order valence-corrected chi connectivity index (χ0v) is 12.2. The van der Waals surface area contributed by atoms with Crippen molar-refractivity contribution >= 4 is 27.4 Å². The van der Waals surface area contributed by atoms with Gasteiger partial charge in [0.15, 0.2) is 0 Å². The highest BCUT2D eigenvalue weighted by atomic mass is 79.9. The van der Waals surface area contributed by atoms with Gasteiger partial charge in [0.2, 0.25) is 5.78 Å². The van der Waals surface area contributed by atoms with Crippen LogP contribution in [0, 0.1) is 0 Å². The van der Waals surface area contributed by atoms with Crippen LogP contribution in [0.2, 0.25) is 0 Å². The predicted octanol–water partition coefficient (Wildman–Crippen LogP) is 4.21. The summed E-state index contributed by atoms with van der Waals surface area (Å²) in [5.41, 5.74) is 1.24. The van der Waals surface area contributed by atoms with Gasteiger partial charge >= 0.3 is 6.43 Å². The van der Waals surface area contributed by atoms with Gasteiger partial charge < -0.3 is 0 Å². The summed E-state index contributed by atoms with van der Waals surface area (Å²) in [6, 6.07) is 12.1. The Morgan fingerprint density at radius 2 is 1.86 bits per heavy atom. The average molecular weight is 351 g/mol. The summed E-state index contributed by atoms with van der Waals surface area (Å²) in [6.07, 6.45) is -1.51. The van der Waals surface area contributed by atoms with Crippen molar-refractivity contribution in [3.8, 4) is 11.3 Å². The molecule has 2 heterocycles. The zero-order chi connectivity index (χ0) is 15.0. The molecule has 0 aliphatic heterocycles. The number of ketones is 1. The summed E-state index contributed by atoms with van der Waals surface area (Å²) >= 11 is 3.31. The lowest BCUT2D eigenvalue weighted by Crippen LogP contribution is -2.14. The first-order chi connectivity index (χ1) is 10.1. The molecule has 106 valence electrons. The minimum atomic E-state index is -3.07. The molecule has 0 radical (unpaired) electrons. The first kappa shape index (κ1) is 13.9. The van der Waals surface area contributed by atoms with Crippen molar-refractivity contribution < 1.29 is 13.6 Å². The van der Waals surface area contributed by atoms with E-state index in [9.17, 15) is 13.6 Å². The summed E-state index contributed by atoms with van der Waals surface area (Å²) in [5, 5.41) is 0. The number of imidazole rings is 1. The molecule has 0 saturated carbocycles. The maximum Gasteiger partial charge on any atom is 0.302 e. The van der Waals surface area contributed by atoms with Crippen LogP contribution in [0.25, 0.3) is 16.9 Å². The van der Waals surface area contributed by atoms with Crippen molar-refractivity contribution in [1.82, 2.24) is 9.38 Å². The second kappa shape index (κ2) is 5.37. The van der Waals surface area contributed by atoms with E-state index in [4.69, 9.17) is 0 Å². The summed E-state index contributed by atoms with van der Waals surface area (Å²) in [4.78, 5) is 16.2. The van der Waals surface area contributed by atoms with Gasteiger partial charge in [-0.05, 0) is 24.3 Å². The molecule has 0 aliphatic carbocycles. The van der Waals surface area contributed by atoms with Crippen LogP contribution in [-0.2, 0) is 0 Å². The maximum absolute atomic E-state index is 12.9. The molecule has 0 fully saturated rings. The SMILES string of the molecule is O=C(c1c(-c2ccc(Br)cc2)nc2ccccn12)C(F)F. The van der Waals surface area contributed by atoms with Gasteiger partial charge in [-0.25, -0.2) is 13.8 Å². The van der Waals surface area contributed by atoms with E-state index in [1.165, 1.54) is 4.40 Å². The van der Waals surface area contributed by atoms with Crippen LogP contribution in [-0.4, -0.2) is 21.6 Å². The highest BCUT2D eigenvalue weighted by molar-refractivity contribution is 9.10. The lowest BCUT2D eigenvalue weighted by atomic mass is 10.1. The molecule has 0 unspecified atom stereocenters. The Kier molecular flexibility index (Phi) is 3.55. The monoisotopic (exact) mass is 350 g/mol. The Morgan fingerprint density at radius 1 is 1.14 bits per heavy atom. The number of benzene rings is 1. The van der Waals surface area contributed by atoms with E-state index in [0.717, 1.165) is 4.47 Å². The third-order valence-electron chi connectivity index (χ3n) is 3.08. The molecular weight excluding hydrogens is 342 g/mol. The van der Waals surface area contributed by atoms with Gasteiger partial charge in [0.25, 0.3) is 0 Å². The molecular formula is C15H9BrF2N2O. The van der Waals surface area contributed by atoms with Crippen LogP contribution in [0.5, 0.6) is 0 Å². The van der Waals surface area contributed by atoms with E-state index in [2.05, 4.69) is 20.9 Å². The van der Waals surface area contributed by atoms with Crippen LogP contribution in [0.1, 0.15) is 10.5 Å². The molecule has 0 atom stereocenters. The summed E-state index contributed by atoms with van der Waals surface area (Å²) < 4.78 is 28.0. The molecule has 3 aromatic rings. The number of aromatic nitrogens is 2. The molecule has 1 aromatic carbocycles. The quantitative estimate of drug-likeness (QED) is 0.663. The Morgan fingerprint density at radius 3 is 2.52 bits per heavy atom. The van der Waals surface area contributed by atoms with E-state index in [-0.39, 0.29) is 11.4 Å². The second-order valence-electron chi connectivity index (χ2n) is 4.41. The number of rotatable bonds is 3. The smallest absolute Gasteiger partial charge is 0.296 e. The Balaban J connectivity index is 2.28. The number of nitrogens with zero attached hydrogens (tertiary/aromatic N) is 2. The van der Waals surface area contributed by atoms with Gasteiger partial charge in [-0.2, -0.15) is 0 Å². The van der Waals surface area contributed by atoms with E-state index in [0.29, 0.717) is 11.2 Å². The van der Waals surface area contributed by atoms with Crippen molar-refractivity contribution in [3.05, 3.63) is 58.8 Å². The molecule has 0 saturated heterocycles. The summed E-state index contributed by atoms with van der Waals surface area (Å²) in [5.74, 6) is -1.23. The minimum Gasteiger partial charge on any atom is -0.296 e. The zero-order valence-electron chi connectivity index (χ0n) is 10.6. The average Bonchev–Trinajstić information content (AvgIpc) is 2.86. The molecule has 6 heteroatoms. The number of alkyl halides is 2. The molecule has 21 heavy (non-hydrogen) atoms. The maximum atomic E-state index is 12.9. The molecule has 0 bridgehead atoms. The number of fused-ring (bicyclic) bond motifs is 1. The van der Waals surface area contributed by atoms with Crippen molar-refractivity contribution in [1.29, 1.82) is 0 Å². The van der Waals surface area contributed by atoms with Crippen molar-refractivity contribution in [2.75, 3.05) is 0 Å². The van der Waals surface area contributed by atoms with E-state index in [1.54, 1.807) is 48.7 Å². The third-order valence-corrected chi connectivity index (χ3v) is 3.61. The van der Waals surface area contributed by atoms with E-state index in [1.807, 2.05) is 0 Å². The van der Waals surface area contributed by atoms with Crippen LogP contribution < -0.4 is 0 Å². The Labute approximate surface area is 127 Å². The fourth-order valence-electron chi connectivity index (χ4n) is 2.14. The normalized spacial score (nSPS) is 11.2. The Hall–Kier alpha value is -2.08. The fraction of sp³-hybridized carbons (Fsp3) is 0.0667. The lowest BCUT2D eigenvalue weighted by Gasteiger charge is -2.04. The molecule has 3 nitrogen and oxygen atoms in total. The van der Waals surface area contributed by atoms with Crippen LogP contribution in [0.4, 0.5) is 8.78 Å². The number of Topliss-reactive ketones (excluding diaryl/α,β-unsaturated/α-hetero) is 1. The predicted molar refractivity (Wildman–Crippen MR) is 78.7 cm³/mol. The molecule has 0 aliphatic rings. The third kappa shape index (κ3) is 2.47. The second-order valence-corrected chi connectivity index (χ2v) is 5.33. The van der Waals surface area contributed by atoms with E-state index >= 15 is 0 Å². The van der Waals surface area contributed by atoms with Crippen molar-refractivity contribution in [2.24, 2.45) is 0 Å². The first-order valence-electron chi connectivity index (χ1n) is 6.13. The van der Waals surface area contributed by atoms with Crippen LogP contribution in [0.3, 0.4) is 0 Å². The summed E-state index contributed by atoms with van der Waals surface area (Å²) in [7, 11) is 0. The summed E-state index contributed by atoms with van der Waals surface area (Å²) in [6.45, 7) is 0. The molecule has 0 N–H and O–H groups in total. The lowest BCUT2D eigenvalue weighted by molar-refractivity contribution is 0.0673. The number of hydrogen-bond donors (Lipinski definition) is 0. The number of pyridine rings is 1. The molecule has 2 aromatic heterocycles. The molecule has 0 spiro atoms. The molecule has 3 rings (SSSR count). The van der Waals surface area contributed by atoms with Gasteiger partial charge in [0, 0.05) is 16.2 Å². The highest BCUT2D eigenvalue weighted by Gasteiger charge is 2.26. The van der Waals surface area contributed by atoms with Crippen molar-refractivity contribution in [3.63, 3.8) is 0 Å². The number of carbonyl (C=O) groups excluding carboxylic acids is 1. The van der Waals surface area contributed by atoms with Gasteiger partial charge in [0.05, 0.1) is 0 Å². The van der Waals surface area contributed by atoms with Gasteiger partial charge in [-0.15, -0.1) is 0 Å². The largest absolute Gasteiger partial charge is 0.302 e. The van der Waals surface area contributed by atoms with Gasteiger partial charge in [0.1, 0.15) is 17.0 Å². The van der Waals surface area contributed by atoms with Gasteiger partial charge in [-0.1, -0.05) is 34.1 Å². The first-order valence-corrected chi connectivity index (χ1v) is 6.92. The van der Waals surface area contributed by atoms with Crippen LogP contribution >= 0.6 is 15.9 Å². The Bertz CT molecular complexity index is 812. The minimum absolute atomic E-state index is 0.0945. The van der Waals surface area contributed by atoms with Gasteiger partial charge in [-0.3, -0.25) is 9.20 Å². The standard InChI is InChI=1S/C15H9BrF2N2O/c16-10-6-4-9(5-7-10)12-13(14(21)15(17)18)20-8-2-1-3-11(20)19-12/h1-8,15H. The number of carbonyl (C=O) groups is 1. The van der Waals surface area contributed by atoms with Crippen molar-refractivity contribution in [2.45, 2.75) is 6.43 Å². The van der Waals surface area contributed by atoms with Crippen LogP contribution in [0.15, 0.2) is 53.1 Å². The fourth-order valence-corrected chi connectivity index (χ4v) is 2.41. The topological polar surface area (TPSA) is 34.4 Å². The number of halogens is 3. The molecule has 0 amide bonds. The number of hydrogen-bond acceptors (Lipinski definition) is 2. The highest BCUT2D eigenvalue weighted by Crippen LogP contribution is 2.27. The van der Waals surface area contributed by atoms with E-state index < -0.39 is 12.2 Å².